The van der Waals surface area contributed by atoms with Crippen molar-refractivity contribution in [2.75, 3.05) is 13.2 Å². The van der Waals surface area contributed by atoms with E-state index in [0.717, 1.165) is 57.1 Å². The lowest BCUT2D eigenvalue weighted by Gasteiger charge is -2.25. The van der Waals surface area contributed by atoms with Gasteiger partial charge >= 0.3 is 5.97 Å². The van der Waals surface area contributed by atoms with Gasteiger partial charge in [0.2, 0.25) is 5.91 Å². The molecule has 156 valence electrons. The summed E-state index contributed by atoms with van der Waals surface area (Å²) in [6, 6.07) is 10.3. The number of esters is 1. The number of hydrogen-bond donors (Lipinski definition) is 1. The van der Waals surface area contributed by atoms with Crippen LogP contribution in [-0.4, -0.2) is 47.2 Å². The van der Waals surface area contributed by atoms with Crippen molar-refractivity contribution in [2.45, 2.75) is 83.3 Å². The average Bonchev–Trinajstić information content (AvgIpc) is 3.03. The second kappa shape index (κ2) is 12.6. The SMILES string of the molecule is CCOC(=O)CCCCCCN1C(=O)CCC1CCC(O)Cc1ccccc1. The molecule has 1 aliphatic rings. The minimum Gasteiger partial charge on any atom is -0.466 e. The number of aliphatic hydroxyl groups excluding tert-OH is 1. The van der Waals surface area contributed by atoms with E-state index < -0.39 is 0 Å². The van der Waals surface area contributed by atoms with Crippen LogP contribution in [0.4, 0.5) is 0 Å². The van der Waals surface area contributed by atoms with Gasteiger partial charge in [-0.3, -0.25) is 9.59 Å². The fraction of sp³-hybridized carbons (Fsp3) is 0.652. The third-order valence-corrected chi connectivity index (χ3v) is 5.44. The molecule has 2 rings (SSSR count). The van der Waals surface area contributed by atoms with Gasteiger partial charge in [-0.05, 0) is 51.0 Å². The minimum atomic E-state index is -0.358. The highest BCUT2D eigenvalue weighted by molar-refractivity contribution is 5.78. The third kappa shape index (κ3) is 8.01. The highest BCUT2D eigenvalue weighted by atomic mass is 16.5. The first-order valence-electron chi connectivity index (χ1n) is 10.8. The highest BCUT2D eigenvalue weighted by Crippen LogP contribution is 2.24. The van der Waals surface area contributed by atoms with Crippen molar-refractivity contribution in [3.8, 4) is 0 Å². The van der Waals surface area contributed by atoms with Crippen LogP contribution in [0.3, 0.4) is 0 Å². The van der Waals surface area contributed by atoms with Crippen LogP contribution < -0.4 is 0 Å². The summed E-state index contributed by atoms with van der Waals surface area (Å²) in [6.45, 7) is 3.05. The van der Waals surface area contributed by atoms with Gasteiger partial charge in [-0.15, -0.1) is 0 Å². The van der Waals surface area contributed by atoms with Gasteiger partial charge < -0.3 is 14.7 Å². The molecule has 0 aromatic heterocycles. The molecule has 1 aliphatic heterocycles. The van der Waals surface area contributed by atoms with Crippen LogP contribution in [0.25, 0.3) is 0 Å². The lowest BCUT2D eigenvalue weighted by atomic mass is 10.0. The number of amides is 1. The Labute approximate surface area is 169 Å². The van der Waals surface area contributed by atoms with E-state index in [1.807, 2.05) is 42.2 Å². The van der Waals surface area contributed by atoms with E-state index in [4.69, 9.17) is 4.74 Å². The molecule has 0 saturated carbocycles. The topological polar surface area (TPSA) is 66.8 Å². The Kier molecular flexibility index (Phi) is 10.0. The van der Waals surface area contributed by atoms with Crippen molar-refractivity contribution in [1.29, 1.82) is 0 Å². The Morgan fingerprint density at radius 3 is 2.71 bits per heavy atom. The highest BCUT2D eigenvalue weighted by Gasteiger charge is 2.30. The van der Waals surface area contributed by atoms with Gasteiger partial charge in [-0.1, -0.05) is 43.2 Å². The number of carbonyl (C=O) groups is 2. The number of likely N-dealkylation sites (tertiary alicyclic amines) is 1. The molecule has 0 aliphatic carbocycles. The summed E-state index contributed by atoms with van der Waals surface area (Å²) in [7, 11) is 0. The molecule has 1 aromatic rings. The number of benzene rings is 1. The van der Waals surface area contributed by atoms with Gasteiger partial charge in [0.25, 0.3) is 0 Å². The summed E-state index contributed by atoms with van der Waals surface area (Å²) >= 11 is 0. The maximum Gasteiger partial charge on any atom is 0.305 e. The molecular formula is C23H35NO4. The third-order valence-electron chi connectivity index (χ3n) is 5.44. The molecule has 0 bridgehead atoms. The van der Waals surface area contributed by atoms with Gasteiger partial charge in [0, 0.05) is 25.4 Å². The molecule has 1 fully saturated rings. The van der Waals surface area contributed by atoms with Gasteiger partial charge in [-0.25, -0.2) is 0 Å². The van der Waals surface area contributed by atoms with Crippen LogP contribution in [0, 0.1) is 0 Å². The quantitative estimate of drug-likeness (QED) is 0.411. The van der Waals surface area contributed by atoms with Crippen molar-refractivity contribution in [2.24, 2.45) is 0 Å². The molecule has 1 aromatic carbocycles. The number of hydrogen-bond acceptors (Lipinski definition) is 4. The maximum atomic E-state index is 12.2. The number of unbranched alkanes of at least 4 members (excludes halogenated alkanes) is 3. The second-order valence-electron chi connectivity index (χ2n) is 7.67. The van der Waals surface area contributed by atoms with Crippen LogP contribution in [0.15, 0.2) is 30.3 Å². The van der Waals surface area contributed by atoms with Gasteiger partial charge in [0.15, 0.2) is 0 Å². The van der Waals surface area contributed by atoms with Crippen LogP contribution in [0.5, 0.6) is 0 Å². The zero-order chi connectivity index (χ0) is 20.2. The number of aliphatic hydroxyl groups is 1. The van der Waals surface area contributed by atoms with Gasteiger partial charge in [0.1, 0.15) is 0 Å². The Morgan fingerprint density at radius 1 is 1.21 bits per heavy atom. The van der Waals surface area contributed by atoms with E-state index >= 15 is 0 Å². The first-order valence-corrected chi connectivity index (χ1v) is 10.8. The second-order valence-corrected chi connectivity index (χ2v) is 7.67. The van der Waals surface area contributed by atoms with E-state index in [2.05, 4.69) is 0 Å². The molecule has 2 unspecified atom stereocenters. The first kappa shape index (κ1) is 22.4. The molecule has 1 N–H and O–H groups in total. The van der Waals surface area contributed by atoms with E-state index in [-0.39, 0.29) is 24.0 Å². The van der Waals surface area contributed by atoms with E-state index in [1.54, 1.807) is 0 Å². The molecule has 28 heavy (non-hydrogen) atoms. The van der Waals surface area contributed by atoms with Crippen LogP contribution >= 0.6 is 0 Å². The number of ether oxygens (including phenoxy) is 1. The number of carbonyl (C=O) groups excluding carboxylic acids is 2. The monoisotopic (exact) mass is 389 g/mol. The van der Waals surface area contributed by atoms with Crippen molar-refractivity contribution in [1.82, 2.24) is 4.90 Å². The summed E-state index contributed by atoms with van der Waals surface area (Å²) in [6.07, 6.45) is 7.74. The molecule has 0 spiro atoms. The average molecular weight is 390 g/mol. The fourth-order valence-corrected chi connectivity index (χ4v) is 3.91. The molecule has 2 atom stereocenters. The Balaban J connectivity index is 1.63. The van der Waals surface area contributed by atoms with Gasteiger partial charge in [0.05, 0.1) is 12.7 Å². The molecule has 1 amide bonds. The summed E-state index contributed by atoms with van der Waals surface area (Å²) in [4.78, 5) is 25.5. The summed E-state index contributed by atoms with van der Waals surface area (Å²) in [5, 5.41) is 10.3. The Bertz CT molecular complexity index is 590. The summed E-state index contributed by atoms with van der Waals surface area (Å²) in [5.41, 5.74) is 1.15. The maximum absolute atomic E-state index is 12.2. The molecule has 0 radical (unpaired) electrons. The molecule has 5 heteroatoms. The molecule has 1 saturated heterocycles. The predicted octanol–water partition coefficient (Wildman–Crippen LogP) is 3.87. The molecule has 1 heterocycles. The van der Waals surface area contributed by atoms with Crippen LogP contribution in [-0.2, 0) is 20.7 Å². The molecular weight excluding hydrogens is 354 g/mol. The number of nitrogens with zero attached hydrogens (tertiary/aromatic N) is 1. The van der Waals surface area contributed by atoms with Crippen molar-refractivity contribution in [3.63, 3.8) is 0 Å². The predicted molar refractivity (Wildman–Crippen MR) is 110 cm³/mol. The largest absolute Gasteiger partial charge is 0.466 e. The van der Waals surface area contributed by atoms with E-state index in [0.29, 0.717) is 25.9 Å². The van der Waals surface area contributed by atoms with Crippen LogP contribution in [0.1, 0.15) is 70.3 Å². The minimum absolute atomic E-state index is 0.119. The van der Waals surface area contributed by atoms with Crippen molar-refractivity contribution in [3.05, 3.63) is 35.9 Å². The molecule has 5 nitrogen and oxygen atoms in total. The standard InChI is InChI=1S/C23H35NO4/c1-2-28-23(27)12-8-3-4-9-17-24-20(14-16-22(24)26)13-15-21(25)18-19-10-6-5-7-11-19/h5-7,10-11,20-21,25H,2-4,8-9,12-18H2,1H3. The Morgan fingerprint density at radius 2 is 1.96 bits per heavy atom. The lowest BCUT2D eigenvalue weighted by Crippen LogP contribution is -2.34. The normalized spacial score (nSPS) is 17.7. The zero-order valence-electron chi connectivity index (χ0n) is 17.1. The lowest BCUT2D eigenvalue weighted by molar-refractivity contribution is -0.143. The first-order chi connectivity index (χ1) is 13.6. The van der Waals surface area contributed by atoms with Crippen molar-refractivity contribution < 1.29 is 19.4 Å². The van der Waals surface area contributed by atoms with E-state index in [9.17, 15) is 14.7 Å². The zero-order valence-corrected chi connectivity index (χ0v) is 17.1. The van der Waals surface area contributed by atoms with Crippen LogP contribution in [0.2, 0.25) is 0 Å². The Hall–Kier alpha value is -1.88. The van der Waals surface area contributed by atoms with E-state index in [1.165, 1.54) is 0 Å². The summed E-state index contributed by atoms with van der Waals surface area (Å²) < 4.78 is 4.93. The van der Waals surface area contributed by atoms with Gasteiger partial charge in [-0.2, -0.15) is 0 Å². The smallest absolute Gasteiger partial charge is 0.305 e. The number of rotatable bonds is 13. The van der Waals surface area contributed by atoms with Crippen molar-refractivity contribution >= 4 is 11.9 Å². The summed E-state index contributed by atoms with van der Waals surface area (Å²) in [5.74, 6) is 0.125. The fourth-order valence-electron chi connectivity index (χ4n) is 3.91.